The van der Waals surface area contributed by atoms with E-state index in [0.717, 1.165) is 31.6 Å². The predicted molar refractivity (Wildman–Crippen MR) is 91.5 cm³/mol. The summed E-state index contributed by atoms with van der Waals surface area (Å²) in [6.07, 6.45) is 1.96. The van der Waals surface area contributed by atoms with Gasteiger partial charge in [-0.3, -0.25) is 15.0 Å². The number of aryl methyl sites for hydroxylation is 1. The molecule has 2 rings (SSSR count). The van der Waals surface area contributed by atoms with E-state index in [2.05, 4.69) is 52.0 Å². The summed E-state index contributed by atoms with van der Waals surface area (Å²) in [6, 6.07) is 8.06. The molecular weight excluding hydrogens is 292 g/mol. The van der Waals surface area contributed by atoms with Crippen LogP contribution in [0.25, 0.3) is 0 Å². The minimum absolute atomic E-state index is 0.255. The SMILES string of the molecule is CNC(=O)NC(=O)[C@@H](C)N1CCC(Nc2ccc(C)cc2)CC1. The van der Waals surface area contributed by atoms with Crippen LogP contribution in [0.15, 0.2) is 24.3 Å². The van der Waals surface area contributed by atoms with Crippen molar-refractivity contribution in [1.29, 1.82) is 0 Å². The van der Waals surface area contributed by atoms with Crippen LogP contribution in [0.1, 0.15) is 25.3 Å². The maximum atomic E-state index is 12.0. The van der Waals surface area contributed by atoms with Gasteiger partial charge in [0.05, 0.1) is 6.04 Å². The van der Waals surface area contributed by atoms with E-state index in [1.165, 1.54) is 12.6 Å². The van der Waals surface area contributed by atoms with Crippen molar-refractivity contribution in [2.45, 2.75) is 38.8 Å². The Balaban J connectivity index is 1.80. The summed E-state index contributed by atoms with van der Waals surface area (Å²) in [5.74, 6) is -0.255. The molecule has 0 spiro atoms. The van der Waals surface area contributed by atoms with Crippen molar-refractivity contribution in [2.24, 2.45) is 0 Å². The van der Waals surface area contributed by atoms with Crippen molar-refractivity contribution in [3.8, 4) is 0 Å². The molecule has 0 saturated carbocycles. The second kappa shape index (κ2) is 7.97. The number of imide groups is 1. The summed E-state index contributed by atoms with van der Waals surface area (Å²) in [7, 11) is 1.50. The highest BCUT2D eigenvalue weighted by molar-refractivity contribution is 5.96. The summed E-state index contributed by atoms with van der Waals surface area (Å²) in [5.41, 5.74) is 2.39. The largest absolute Gasteiger partial charge is 0.382 e. The average Bonchev–Trinajstić information content (AvgIpc) is 2.56. The van der Waals surface area contributed by atoms with Crippen LogP contribution in [0, 0.1) is 6.92 Å². The summed E-state index contributed by atoms with van der Waals surface area (Å²) in [4.78, 5) is 25.3. The predicted octanol–water partition coefficient (Wildman–Crippen LogP) is 1.72. The summed E-state index contributed by atoms with van der Waals surface area (Å²) >= 11 is 0. The second-order valence-electron chi connectivity index (χ2n) is 6.06. The standard InChI is InChI=1S/C17H26N4O2/c1-12-4-6-14(7-5-12)19-15-8-10-21(11-9-15)13(2)16(22)20-17(23)18-3/h4-7,13,15,19H,8-11H2,1-3H3,(H2,18,20,22,23)/t13-/m1/s1. The van der Waals surface area contributed by atoms with Gasteiger partial charge >= 0.3 is 6.03 Å². The normalized spacial score (nSPS) is 17.3. The number of piperidine rings is 1. The van der Waals surface area contributed by atoms with E-state index in [9.17, 15) is 9.59 Å². The first kappa shape index (κ1) is 17.3. The second-order valence-corrected chi connectivity index (χ2v) is 6.06. The third-order valence-electron chi connectivity index (χ3n) is 4.34. The molecule has 1 aromatic carbocycles. The van der Waals surface area contributed by atoms with E-state index in [-0.39, 0.29) is 11.9 Å². The molecule has 6 heteroatoms. The molecule has 1 aliphatic rings. The lowest BCUT2D eigenvalue weighted by Crippen LogP contribution is -2.52. The Kier molecular flexibility index (Phi) is 5.98. The smallest absolute Gasteiger partial charge is 0.321 e. The molecule has 1 saturated heterocycles. The molecule has 0 aromatic heterocycles. The quantitative estimate of drug-likeness (QED) is 0.790. The number of carbonyl (C=O) groups is 2. The van der Waals surface area contributed by atoms with Gasteiger partial charge in [-0.15, -0.1) is 0 Å². The lowest BCUT2D eigenvalue weighted by molar-refractivity contribution is -0.125. The lowest BCUT2D eigenvalue weighted by atomic mass is 10.0. The van der Waals surface area contributed by atoms with Gasteiger partial charge in [-0.1, -0.05) is 17.7 Å². The number of nitrogens with zero attached hydrogens (tertiary/aromatic N) is 1. The number of anilines is 1. The van der Waals surface area contributed by atoms with Gasteiger partial charge in [0.1, 0.15) is 0 Å². The van der Waals surface area contributed by atoms with Crippen LogP contribution in [-0.2, 0) is 4.79 Å². The van der Waals surface area contributed by atoms with E-state index in [1.807, 2.05) is 6.92 Å². The Hall–Kier alpha value is -2.08. The van der Waals surface area contributed by atoms with Crippen molar-refractivity contribution >= 4 is 17.6 Å². The lowest BCUT2D eigenvalue weighted by Gasteiger charge is -2.35. The molecular formula is C17H26N4O2. The Bertz CT molecular complexity index is 536. The Morgan fingerprint density at radius 1 is 1.17 bits per heavy atom. The summed E-state index contributed by atoms with van der Waals surface area (Å²) < 4.78 is 0. The first-order chi connectivity index (χ1) is 11.0. The van der Waals surface area contributed by atoms with Crippen LogP contribution in [0.3, 0.4) is 0 Å². The van der Waals surface area contributed by atoms with Gasteiger partial charge in [0.25, 0.3) is 0 Å². The number of hydrogen-bond acceptors (Lipinski definition) is 4. The van der Waals surface area contributed by atoms with Crippen molar-refractivity contribution < 1.29 is 9.59 Å². The van der Waals surface area contributed by atoms with E-state index in [4.69, 9.17) is 0 Å². The monoisotopic (exact) mass is 318 g/mol. The van der Waals surface area contributed by atoms with E-state index < -0.39 is 6.03 Å². The third kappa shape index (κ3) is 4.96. The molecule has 1 atom stereocenters. The van der Waals surface area contributed by atoms with Crippen LogP contribution in [0.2, 0.25) is 0 Å². The van der Waals surface area contributed by atoms with Gasteiger partial charge in [0, 0.05) is 31.9 Å². The molecule has 0 aliphatic carbocycles. The molecule has 0 radical (unpaired) electrons. The molecule has 126 valence electrons. The maximum absolute atomic E-state index is 12.0. The molecule has 0 bridgehead atoms. The molecule has 3 amide bonds. The van der Waals surface area contributed by atoms with Crippen LogP contribution in [0.5, 0.6) is 0 Å². The van der Waals surface area contributed by atoms with E-state index in [1.54, 1.807) is 0 Å². The average molecular weight is 318 g/mol. The van der Waals surface area contributed by atoms with E-state index in [0.29, 0.717) is 6.04 Å². The number of hydrogen-bond donors (Lipinski definition) is 3. The fraction of sp³-hybridized carbons (Fsp3) is 0.529. The number of benzene rings is 1. The zero-order valence-corrected chi connectivity index (χ0v) is 14.1. The molecule has 6 nitrogen and oxygen atoms in total. The fourth-order valence-corrected chi connectivity index (χ4v) is 2.76. The van der Waals surface area contributed by atoms with Crippen molar-refractivity contribution in [3.63, 3.8) is 0 Å². The van der Waals surface area contributed by atoms with E-state index >= 15 is 0 Å². The van der Waals surface area contributed by atoms with Gasteiger partial charge in [-0.25, -0.2) is 4.79 Å². The highest BCUT2D eigenvalue weighted by atomic mass is 16.2. The molecule has 1 fully saturated rings. The van der Waals surface area contributed by atoms with Gasteiger partial charge in [0.2, 0.25) is 5.91 Å². The highest BCUT2D eigenvalue weighted by Gasteiger charge is 2.27. The molecule has 1 aliphatic heterocycles. The van der Waals surface area contributed by atoms with Crippen molar-refractivity contribution in [2.75, 3.05) is 25.5 Å². The van der Waals surface area contributed by atoms with Crippen LogP contribution >= 0.6 is 0 Å². The molecule has 1 heterocycles. The van der Waals surface area contributed by atoms with Gasteiger partial charge < -0.3 is 10.6 Å². The Labute approximate surface area is 137 Å². The van der Waals surface area contributed by atoms with Crippen molar-refractivity contribution in [1.82, 2.24) is 15.5 Å². The van der Waals surface area contributed by atoms with Gasteiger partial charge in [-0.2, -0.15) is 0 Å². The summed E-state index contributed by atoms with van der Waals surface area (Å²) in [5, 5.41) is 8.28. The molecule has 1 aromatic rings. The van der Waals surface area contributed by atoms with Gasteiger partial charge in [-0.05, 0) is 38.8 Å². The first-order valence-corrected chi connectivity index (χ1v) is 8.09. The van der Waals surface area contributed by atoms with Crippen LogP contribution < -0.4 is 16.0 Å². The number of nitrogens with one attached hydrogen (secondary N) is 3. The molecule has 0 unspecified atom stereocenters. The number of carbonyl (C=O) groups excluding carboxylic acids is 2. The number of amides is 3. The Morgan fingerprint density at radius 2 is 1.78 bits per heavy atom. The van der Waals surface area contributed by atoms with Crippen LogP contribution in [0.4, 0.5) is 10.5 Å². The number of urea groups is 1. The highest BCUT2D eigenvalue weighted by Crippen LogP contribution is 2.18. The third-order valence-corrected chi connectivity index (χ3v) is 4.34. The maximum Gasteiger partial charge on any atom is 0.321 e. The minimum Gasteiger partial charge on any atom is -0.382 e. The van der Waals surface area contributed by atoms with Gasteiger partial charge in [0.15, 0.2) is 0 Å². The van der Waals surface area contributed by atoms with Crippen LogP contribution in [-0.4, -0.2) is 49.1 Å². The number of rotatable bonds is 4. The molecule has 3 N–H and O–H groups in total. The number of likely N-dealkylation sites (tertiary alicyclic amines) is 1. The van der Waals surface area contributed by atoms with Crippen molar-refractivity contribution in [3.05, 3.63) is 29.8 Å². The topological polar surface area (TPSA) is 73.5 Å². The zero-order valence-electron chi connectivity index (χ0n) is 14.1. The molecule has 23 heavy (non-hydrogen) atoms. The minimum atomic E-state index is -0.460. The first-order valence-electron chi connectivity index (χ1n) is 8.09. The Morgan fingerprint density at radius 3 is 2.35 bits per heavy atom. The fourth-order valence-electron chi connectivity index (χ4n) is 2.76. The zero-order chi connectivity index (χ0) is 16.8. The summed E-state index contributed by atoms with van der Waals surface area (Å²) in [6.45, 7) is 5.59.